The fourth-order valence-corrected chi connectivity index (χ4v) is 2.18. The Labute approximate surface area is 119 Å². The molecule has 0 spiro atoms. The third-order valence-corrected chi connectivity index (χ3v) is 3.41. The molecule has 0 fully saturated rings. The highest BCUT2D eigenvalue weighted by molar-refractivity contribution is 5.91. The van der Waals surface area contributed by atoms with E-state index in [1.807, 2.05) is 31.2 Å². The van der Waals surface area contributed by atoms with Gasteiger partial charge in [0.15, 0.2) is 0 Å². The number of nitrogen functional groups attached to an aromatic ring is 1. The molecule has 0 heterocycles. The highest BCUT2D eigenvalue weighted by Gasteiger charge is 2.06. The number of carbonyl (C=O) groups excluding carboxylic acids is 1. The number of benzene rings is 2. The summed E-state index contributed by atoms with van der Waals surface area (Å²) in [6.07, 6.45) is 1.24. The number of rotatable bonds is 4. The first kappa shape index (κ1) is 14.1. The first-order valence-corrected chi connectivity index (χ1v) is 6.77. The summed E-state index contributed by atoms with van der Waals surface area (Å²) in [7, 11) is 0. The van der Waals surface area contributed by atoms with Crippen LogP contribution in [-0.4, -0.2) is 5.91 Å². The van der Waals surface area contributed by atoms with Crippen molar-refractivity contribution in [3.8, 4) is 0 Å². The van der Waals surface area contributed by atoms with Gasteiger partial charge in [0.05, 0.1) is 0 Å². The van der Waals surface area contributed by atoms with Crippen LogP contribution in [0.1, 0.15) is 23.1 Å². The van der Waals surface area contributed by atoms with Crippen molar-refractivity contribution in [1.82, 2.24) is 0 Å². The molecule has 0 saturated heterocycles. The number of hydrogen-bond acceptors (Lipinski definition) is 2. The Hall–Kier alpha value is -2.29. The maximum atomic E-state index is 12.0. The summed E-state index contributed by atoms with van der Waals surface area (Å²) < 4.78 is 0. The van der Waals surface area contributed by atoms with Crippen molar-refractivity contribution >= 4 is 17.3 Å². The minimum Gasteiger partial charge on any atom is -0.399 e. The summed E-state index contributed by atoms with van der Waals surface area (Å²) in [5.74, 6) is 0.0288. The lowest BCUT2D eigenvalue weighted by Gasteiger charge is -2.10. The zero-order chi connectivity index (χ0) is 14.5. The summed E-state index contributed by atoms with van der Waals surface area (Å²) in [4.78, 5) is 12.0. The van der Waals surface area contributed by atoms with Crippen molar-refractivity contribution in [3.05, 3.63) is 59.2 Å². The van der Waals surface area contributed by atoms with E-state index in [0.717, 1.165) is 17.7 Å². The van der Waals surface area contributed by atoms with Gasteiger partial charge in [0, 0.05) is 17.8 Å². The largest absolute Gasteiger partial charge is 0.399 e. The third-order valence-electron chi connectivity index (χ3n) is 3.41. The molecule has 20 heavy (non-hydrogen) atoms. The zero-order valence-corrected chi connectivity index (χ0v) is 11.9. The van der Waals surface area contributed by atoms with Crippen LogP contribution in [0.25, 0.3) is 0 Å². The van der Waals surface area contributed by atoms with Crippen LogP contribution in [-0.2, 0) is 11.2 Å². The normalized spacial score (nSPS) is 10.3. The van der Waals surface area contributed by atoms with Gasteiger partial charge in [0.25, 0.3) is 0 Å². The Balaban J connectivity index is 1.94. The lowest BCUT2D eigenvalue weighted by atomic mass is 10.0. The van der Waals surface area contributed by atoms with E-state index in [1.165, 1.54) is 11.1 Å². The van der Waals surface area contributed by atoms with E-state index in [1.54, 1.807) is 6.07 Å². The van der Waals surface area contributed by atoms with E-state index in [0.29, 0.717) is 12.1 Å². The molecule has 2 rings (SSSR count). The van der Waals surface area contributed by atoms with Gasteiger partial charge in [-0.1, -0.05) is 24.3 Å². The van der Waals surface area contributed by atoms with Crippen LogP contribution in [0.5, 0.6) is 0 Å². The lowest BCUT2D eigenvalue weighted by Crippen LogP contribution is -2.13. The second kappa shape index (κ2) is 6.24. The maximum absolute atomic E-state index is 12.0. The molecule has 2 aromatic carbocycles. The van der Waals surface area contributed by atoms with Gasteiger partial charge in [-0.15, -0.1) is 0 Å². The van der Waals surface area contributed by atoms with E-state index >= 15 is 0 Å². The van der Waals surface area contributed by atoms with E-state index < -0.39 is 0 Å². The van der Waals surface area contributed by atoms with Gasteiger partial charge >= 0.3 is 0 Å². The Kier molecular flexibility index (Phi) is 4.41. The molecule has 0 atom stereocenters. The van der Waals surface area contributed by atoms with E-state index in [-0.39, 0.29) is 5.91 Å². The van der Waals surface area contributed by atoms with Crippen LogP contribution in [0.15, 0.2) is 42.5 Å². The monoisotopic (exact) mass is 268 g/mol. The first-order valence-electron chi connectivity index (χ1n) is 6.77. The lowest BCUT2D eigenvalue weighted by molar-refractivity contribution is -0.116. The predicted octanol–water partition coefficient (Wildman–Crippen LogP) is 3.46. The highest BCUT2D eigenvalue weighted by Crippen LogP contribution is 2.18. The smallest absolute Gasteiger partial charge is 0.224 e. The van der Waals surface area contributed by atoms with Gasteiger partial charge < -0.3 is 11.1 Å². The van der Waals surface area contributed by atoms with Gasteiger partial charge in [-0.25, -0.2) is 0 Å². The van der Waals surface area contributed by atoms with Gasteiger partial charge in [-0.05, 0) is 55.2 Å². The summed E-state index contributed by atoms with van der Waals surface area (Å²) in [5.41, 5.74) is 10.7. The van der Waals surface area contributed by atoms with Crippen molar-refractivity contribution in [2.75, 3.05) is 11.1 Å². The van der Waals surface area contributed by atoms with Crippen LogP contribution < -0.4 is 11.1 Å². The number of hydrogen-bond donors (Lipinski definition) is 2. The van der Waals surface area contributed by atoms with Crippen LogP contribution in [0.4, 0.5) is 11.4 Å². The fraction of sp³-hybridized carbons (Fsp3) is 0.235. The number of aryl methyl sites for hydroxylation is 3. The topological polar surface area (TPSA) is 55.1 Å². The molecule has 0 aliphatic carbocycles. The standard InChI is InChI=1S/C17H20N2O/c1-12-5-3-4-6-14(12)7-10-17(20)19-16-9-8-15(18)11-13(16)2/h3-6,8-9,11H,7,10,18H2,1-2H3,(H,19,20). The second-order valence-corrected chi connectivity index (χ2v) is 5.05. The van der Waals surface area contributed by atoms with Crippen LogP contribution in [0.3, 0.4) is 0 Å². The SMILES string of the molecule is Cc1ccccc1CCC(=O)Nc1ccc(N)cc1C. The zero-order valence-electron chi connectivity index (χ0n) is 11.9. The van der Waals surface area contributed by atoms with Crippen LogP contribution in [0.2, 0.25) is 0 Å². The number of nitrogens with one attached hydrogen (secondary N) is 1. The van der Waals surface area contributed by atoms with Gasteiger partial charge in [0.2, 0.25) is 5.91 Å². The minimum absolute atomic E-state index is 0.0288. The highest BCUT2D eigenvalue weighted by atomic mass is 16.1. The summed E-state index contributed by atoms with van der Waals surface area (Å²) in [6, 6.07) is 13.6. The molecule has 1 amide bonds. The Morgan fingerprint density at radius 1 is 1.10 bits per heavy atom. The molecular weight excluding hydrogens is 248 g/mol. The summed E-state index contributed by atoms with van der Waals surface area (Å²) >= 11 is 0. The first-order chi connectivity index (χ1) is 9.56. The van der Waals surface area contributed by atoms with Crippen molar-refractivity contribution < 1.29 is 4.79 Å². The average molecular weight is 268 g/mol. The summed E-state index contributed by atoms with van der Waals surface area (Å²) in [6.45, 7) is 4.00. The number of carbonyl (C=O) groups is 1. The van der Waals surface area contributed by atoms with E-state index in [4.69, 9.17) is 5.73 Å². The van der Waals surface area contributed by atoms with Crippen molar-refractivity contribution in [2.24, 2.45) is 0 Å². The van der Waals surface area contributed by atoms with E-state index in [9.17, 15) is 4.79 Å². The molecule has 0 bridgehead atoms. The molecule has 0 radical (unpaired) electrons. The molecule has 0 aliphatic rings. The molecule has 0 aromatic heterocycles. The summed E-state index contributed by atoms with van der Waals surface area (Å²) in [5, 5.41) is 2.93. The maximum Gasteiger partial charge on any atom is 0.224 e. The Morgan fingerprint density at radius 2 is 1.85 bits per heavy atom. The molecule has 2 aromatic rings. The second-order valence-electron chi connectivity index (χ2n) is 5.05. The molecule has 0 saturated carbocycles. The van der Waals surface area contributed by atoms with Crippen LogP contribution in [0, 0.1) is 13.8 Å². The van der Waals surface area contributed by atoms with Crippen molar-refractivity contribution in [2.45, 2.75) is 26.7 Å². The van der Waals surface area contributed by atoms with Gasteiger partial charge in [-0.2, -0.15) is 0 Å². The predicted molar refractivity (Wildman–Crippen MR) is 83.7 cm³/mol. The molecular formula is C17H20N2O. The van der Waals surface area contributed by atoms with Gasteiger partial charge in [0.1, 0.15) is 0 Å². The quantitative estimate of drug-likeness (QED) is 0.834. The number of anilines is 2. The molecule has 3 nitrogen and oxygen atoms in total. The van der Waals surface area contributed by atoms with Crippen LogP contribution >= 0.6 is 0 Å². The van der Waals surface area contributed by atoms with Gasteiger partial charge in [-0.3, -0.25) is 4.79 Å². The fourth-order valence-electron chi connectivity index (χ4n) is 2.18. The third kappa shape index (κ3) is 3.60. The average Bonchev–Trinajstić information content (AvgIpc) is 2.41. The number of nitrogens with two attached hydrogens (primary N) is 1. The molecule has 0 unspecified atom stereocenters. The van der Waals surface area contributed by atoms with Crippen molar-refractivity contribution in [3.63, 3.8) is 0 Å². The molecule has 3 heteroatoms. The Morgan fingerprint density at radius 3 is 2.55 bits per heavy atom. The minimum atomic E-state index is 0.0288. The van der Waals surface area contributed by atoms with Crippen molar-refractivity contribution in [1.29, 1.82) is 0 Å². The molecule has 104 valence electrons. The molecule has 3 N–H and O–H groups in total. The van der Waals surface area contributed by atoms with E-state index in [2.05, 4.69) is 24.4 Å². The Bertz CT molecular complexity index is 620. The molecule has 0 aliphatic heterocycles. The number of amides is 1.